The third kappa shape index (κ3) is 5.42. The van der Waals surface area contributed by atoms with Crippen LogP contribution in [0.2, 0.25) is 0 Å². The van der Waals surface area contributed by atoms with Crippen molar-refractivity contribution in [2.75, 3.05) is 25.0 Å². The summed E-state index contributed by atoms with van der Waals surface area (Å²) in [5.74, 6) is -0.348. The molecule has 0 bridgehead atoms. The van der Waals surface area contributed by atoms with Crippen molar-refractivity contribution in [3.63, 3.8) is 0 Å². The van der Waals surface area contributed by atoms with Crippen LogP contribution < -0.4 is 5.32 Å². The quantitative estimate of drug-likeness (QED) is 0.769. The average Bonchev–Trinajstić information content (AvgIpc) is 2.70. The summed E-state index contributed by atoms with van der Waals surface area (Å²) in [5.41, 5.74) is 3.67. The Morgan fingerprint density at radius 2 is 1.82 bits per heavy atom. The van der Waals surface area contributed by atoms with Crippen LogP contribution in [0.5, 0.6) is 0 Å². The SMILES string of the molecule is CCOC(=O)c1cccc(NC(=O)C2CCN(Cc3ccc(C)cc3)CC2)c1. The van der Waals surface area contributed by atoms with Crippen LogP contribution in [-0.4, -0.2) is 36.5 Å². The molecule has 0 aliphatic carbocycles. The number of ether oxygens (including phenoxy) is 1. The molecule has 1 fully saturated rings. The summed E-state index contributed by atoms with van der Waals surface area (Å²) in [4.78, 5) is 26.9. The predicted molar refractivity (Wildman–Crippen MR) is 110 cm³/mol. The molecule has 3 rings (SSSR count). The lowest BCUT2D eigenvalue weighted by molar-refractivity contribution is -0.121. The summed E-state index contributed by atoms with van der Waals surface area (Å²) in [5, 5.41) is 2.95. The Morgan fingerprint density at radius 3 is 2.50 bits per heavy atom. The zero-order chi connectivity index (χ0) is 19.9. The van der Waals surface area contributed by atoms with Gasteiger partial charge in [0.1, 0.15) is 0 Å². The van der Waals surface area contributed by atoms with E-state index in [1.807, 2.05) is 0 Å². The average molecular weight is 380 g/mol. The Kier molecular flexibility index (Phi) is 6.82. The highest BCUT2D eigenvalue weighted by Gasteiger charge is 2.25. The van der Waals surface area contributed by atoms with Gasteiger partial charge in [-0.3, -0.25) is 9.69 Å². The van der Waals surface area contributed by atoms with E-state index in [4.69, 9.17) is 4.74 Å². The summed E-state index contributed by atoms with van der Waals surface area (Å²) in [6.07, 6.45) is 1.69. The minimum absolute atomic E-state index is 0.000479. The monoisotopic (exact) mass is 380 g/mol. The number of hydrogen-bond donors (Lipinski definition) is 1. The second-order valence-electron chi connectivity index (χ2n) is 7.33. The van der Waals surface area contributed by atoms with Gasteiger partial charge in [0.15, 0.2) is 0 Å². The molecule has 5 nitrogen and oxygen atoms in total. The molecule has 1 amide bonds. The van der Waals surface area contributed by atoms with E-state index < -0.39 is 0 Å². The van der Waals surface area contributed by atoms with Crippen LogP contribution in [-0.2, 0) is 16.1 Å². The van der Waals surface area contributed by atoms with Gasteiger partial charge < -0.3 is 10.1 Å². The van der Waals surface area contributed by atoms with Crippen LogP contribution in [0.1, 0.15) is 41.3 Å². The van der Waals surface area contributed by atoms with Crippen LogP contribution in [0.15, 0.2) is 48.5 Å². The maximum Gasteiger partial charge on any atom is 0.338 e. The van der Waals surface area contributed by atoms with Crippen molar-refractivity contribution in [1.29, 1.82) is 0 Å². The molecule has 1 saturated heterocycles. The molecule has 1 N–H and O–H groups in total. The summed E-state index contributed by atoms with van der Waals surface area (Å²) >= 11 is 0. The number of carbonyl (C=O) groups is 2. The molecule has 2 aromatic carbocycles. The number of piperidine rings is 1. The molecule has 5 heteroatoms. The zero-order valence-electron chi connectivity index (χ0n) is 16.6. The van der Waals surface area contributed by atoms with Gasteiger partial charge in [-0.25, -0.2) is 4.79 Å². The second kappa shape index (κ2) is 9.51. The number of hydrogen-bond acceptors (Lipinski definition) is 4. The Labute approximate surface area is 166 Å². The van der Waals surface area contributed by atoms with E-state index in [9.17, 15) is 9.59 Å². The second-order valence-corrected chi connectivity index (χ2v) is 7.33. The number of nitrogens with zero attached hydrogens (tertiary/aromatic N) is 1. The van der Waals surface area contributed by atoms with Crippen molar-refractivity contribution in [1.82, 2.24) is 4.90 Å². The topological polar surface area (TPSA) is 58.6 Å². The lowest BCUT2D eigenvalue weighted by atomic mass is 9.95. The Hall–Kier alpha value is -2.66. The van der Waals surface area contributed by atoms with Gasteiger partial charge in [-0.05, 0) is 63.5 Å². The van der Waals surface area contributed by atoms with Crippen molar-refractivity contribution in [2.45, 2.75) is 33.2 Å². The number of amides is 1. The van der Waals surface area contributed by atoms with Gasteiger partial charge in [-0.15, -0.1) is 0 Å². The van der Waals surface area contributed by atoms with Crippen molar-refractivity contribution >= 4 is 17.6 Å². The maximum absolute atomic E-state index is 12.6. The van der Waals surface area contributed by atoms with E-state index >= 15 is 0 Å². The minimum Gasteiger partial charge on any atom is -0.462 e. The number of rotatable bonds is 6. The van der Waals surface area contributed by atoms with Crippen molar-refractivity contribution < 1.29 is 14.3 Å². The van der Waals surface area contributed by atoms with E-state index in [1.165, 1.54) is 11.1 Å². The summed E-state index contributed by atoms with van der Waals surface area (Å²) in [6, 6.07) is 15.5. The number of likely N-dealkylation sites (tertiary alicyclic amines) is 1. The van der Waals surface area contributed by atoms with Crippen molar-refractivity contribution in [3.05, 3.63) is 65.2 Å². The molecule has 0 atom stereocenters. The molecule has 148 valence electrons. The molecule has 0 aromatic heterocycles. The molecular formula is C23H28N2O3. The van der Waals surface area contributed by atoms with E-state index in [-0.39, 0.29) is 17.8 Å². The number of benzene rings is 2. The predicted octanol–water partition coefficient (Wildman–Crippen LogP) is 4.02. The Morgan fingerprint density at radius 1 is 1.11 bits per heavy atom. The molecule has 0 saturated carbocycles. The van der Waals surface area contributed by atoms with Crippen LogP contribution in [0.3, 0.4) is 0 Å². The molecule has 0 unspecified atom stereocenters. The highest BCUT2D eigenvalue weighted by atomic mass is 16.5. The first-order valence-corrected chi connectivity index (χ1v) is 9.91. The van der Waals surface area contributed by atoms with Gasteiger partial charge in [0.25, 0.3) is 0 Å². The molecule has 1 aliphatic rings. The van der Waals surface area contributed by atoms with E-state index in [2.05, 4.69) is 41.4 Å². The van der Waals surface area contributed by atoms with Crippen LogP contribution in [0.25, 0.3) is 0 Å². The van der Waals surface area contributed by atoms with Gasteiger partial charge in [0, 0.05) is 18.2 Å². The first-order chi connectivity index (χ1) is 13.5. The summed E-state index contributed by atoms with van der Waals surface area (Å²) in [6.45, 7) is 6.95. The normalized spacial score (nSPS) is 15.2. The number of anilines is 1. The van der Waals surface area contributed by atoms with Gasteiger partial charge in [-0.1, -0.05) is 35.9 Å². The third-order valence-corrected chi connectivity index (χ3v) is 5.13. The first kappa shape index (κ1) is 20.1. The van der Waals surface area contributed by atoms with Crippen LogP contribution in [0, 0.1) is 12.8 Å². The van der Waals surface area contributed by atoms with E-state index in [0.29, 0.717) is 17.9 Å². The maximum atomic E-state index is 12.6. The van der Waals surface area contributed by atoms with Crippen LogP contribution >= 0.6 is 0 Å². The molecule has 0 radical (unpaired) electrons. The van der Waals surface area contributed by atoms with E-state index in [1.54, 1.807) is 31.2 Å². The summed E-state index contributed by atoms with van der Waals surface area (Å²) < 4.78 is 5.01. The minimum atomic E-state index is -0.372. The van der Waals surface area contributed by atoms with Gasteiger partial charge in [0.2, 0.25) is 5.91 Å². The molecule has 1 aliphatic heterocycles. The molecular weight excluding hydrogens is 352 g/mol. The fourth-order valence-corrected chi connectivity index (χ4v) is 3.49. The van der Waals surface area contributed by atoms with Crippen molar-refractivity contribution in [3.8, 4) is 0 Å². The molecule has 0 spiro atoms. The fourth-order valence-electron chi connectivity index (χ4n) is 3.49. The van der Waals surface area contributed by atoms with Gasteiger partial charge >= 0.3 is 5.97 Å². The lowest BCUT2D eigenvalue weighted by Gasteiger charge is -2.31. The smallest absolute Gasteiger partial charge is 0.338 e. The van der Waals surface area contributed by atoms with E-state index in [0.717, 1.165) is 32.5 Å². The zero-order valence-corrected chi connectivity index (χ0v) is 16.6. The molecule has 2 aromatic rings. The van der Waals surface area contributed by atoms with Crippen molar-refractivity contribution in [2.24, 2.45) is 5.92 Å². The molecule has 28 heavy (non-hydrogen) atoms. The highest BCUT2D eigenvalue weighted by molar-refractivity contribution is 5.95. The Balaban J connectivity index is 1.50. The van der Waals surface area contributed by atoms with Crippen LogP contribution in [0.4, 0.5) is 5.69 Å². The largest absolute Gasteiger partial charge is 0.462 e. The standard InChI is InChI=1S/C23H28N2O3/c1-3-28-23(27)20-5-4-6-21(15-20)24-22(26)19-11-13-25(14-12-19)16-18-9-7-17(2)8-10-18/h4-10,15,19H,3,11-14,16H2,1-2H3,(H,24,26). The van der Waals surface area contributed by atoms with Gasteiger partial charge in [-0.2, -0.15) is 0 Å². The third-order valence-electron chi connectivity index (χ3n) is 5.13. The Bertz CT molecular complexity index is 809. The number of carbonyl (C=O) groups excluding carboxylic acids is 2. The molecule has 1 heterocycles. The number of esters is 1. The number of aryl methyl sites for hydroxylation is 1. The van der Waals surface area contributed by atoms with Gasteiger partial charge in [0.05, 0.1) is 12.2 Å². The summed E-state index contributed by atoms with van der Waals surface area (Å²) in [7, 11) is 0. The highest BCUT2D eigenvalue weighted by Crippen LogP contribution is 2.21. The first-order valence-electron chi connectivity index (χ1n) is 9.91. The fraction of sp³-hybridized carbons (Fsp3) is 0.391. The number of nitrogens with one attached hydrogen (secondary N) is 1. The lowest BCUT2D eigenvalue weighted by Crippen LogP contribution is -2.37.